The summed E-state index contributed by atoms with van der Waals surface area (Å²) >= 11 is 0. The Hall–Kier alpha value is -4.60. The number of nitrogens with two attached hydrogens (primary N) is 3. The molecule has 17 N–H and O–H groups in total. The third-order valence-electron chi connectivity index (χ3n) is 11.1. The van der Waals surface area contributed by atoms with Crippen LogP contribution in [-0.4, -0.2) is 183 Å². The van der Waals surface area contributed by atoms with Crippen LogP contribution >= 0.6 is 39.0 Å². The molecule has 3 aliphatic rings. The van der Waals surface area contributed by atoms with Gasteiger partial charge in [0.05, 0.1) is 38.8 Å². The highest BCUT2D eigenvalue weighted by atomic mass is 31.3. The van der Waals surface area contributed by atoms with Crippen LogP contribution in [0.1, 0.15) is 18.7 Å². The van der Waals surface area contributed by atoms with Gasteiger partial charge in [0.1, 0.15) is 90.5 Å². The van der Waals surface area contributed by atoms with Crippen molar-refractivity contribution < 1.29 is 114 Å². The fourth-order valence-electron chi connectivity index (χ4n) is 7.91. The van der Waals surface area contributed by atoms with E-state index in [2.05, 4.69) is 49.2 Å². The third-order valence-corrected chi connectivity index (χ3v) is 17.3. The van der Waals surface area contributed by atoms with Crippen LogP contribution in [0.4, 0.5) is 17.5 Å². The number of rotatable bonds is 20. The van der Waals surface area contributed by atoms with Gasteiger partial charge >= 0.3 is 39.0 Å². The first kappa shape index (κ1) is 55.2. The van der Waals surface area contributed by atoms with Crippen LogP contribution < -0.4 is 22.1 Å². The largest absolute Gasteiger partial charge is 0.480 e. The molecule has 0 spiro atoms. The van der Waals surface area contributed by atoms with Crippen LogP contribution in [0.2, 0.25) is 0 Å². The number of anilines is 3. The normalized spacial score (nSPS) is 30.7. The van der Waals surface area contributed by atoms with Crippen LogP contribution in [0.5, 0.6) is 0 Å². The van der Waals surface area contributed by atoms with Gasteiger partial charge in [0.2, 0.25) is 0 Å². The molecule has 6 aromatic rings. The maximum absolute atomic E-state index is 13.8. The standard InChI is InChI=1S/C30H41N16O24P5/c31-22-13-25(37-4-34-22)44(7-40-13)28-17(48)16(47)10(65-28)1-62-73(56,57)68-20-11(66-29(18(20)49)45-8-41-14-23(32)35-5-38-26(14)45)2-63-74(58,59)69-21-12(3-64-75(60,61)70-72(54,55)43-71(51,52)53)67-30(19(21)50)46-9-42-15-24(33)36-6-39-27(15)46/h4-12,16-21,28-30,47-50H,1-3H2,(H,56,57)(H,58,59)(H,60,61)(H2,31,34,37)(H2,32,35,38)(H2,33,36,39)(H4,43,51,52,53,54,55)/t10-,11-,12-,16-,17-,18-,19-,20-,21-,28-,29-,30-/m1/s1. The van der Waals surface area contributed by atoms with E-state index in [1.54, 1.807) is 0 Å². The summed E-state index contributed by atoms with van der Waals surface area (Å²) in [6.07, 6.45) is -15.7. The monoisotopic (exact) mass is 1160 g/mol. The molecular weight excluding hydrogens is 1120 g/mol. The molecule has 45 heteroatoms. The fraction of sp³-hybridized carbons (Fsp3) is 0.500. The molecule has 0 saturated carbocycles. The summed E-state index contributed by atoms with van der Waals surface area (Å²) in [6.45, 7) is -3.51. The van der Waals surface area contributed by atoms with Gasteiger partial charge in [0.25, 0.3) is 0 Å². The number of hydrogen-bond acceptors (Lipinski definition) is 30. The molecule has 0 amide bonds. The van der Waals surface area contributed by atoms with Gasteiger partial charge in [-0.25, -0.2) is 67.7 Å². The number of aliphatic hydroxyl groups excluding tert-OH is 4. The molecule has 4 unspecified atom stereocenters. The second-order valence-electron chi connectivity index (χ2n) is 16.1. The molecule has 3 aliphatic heterocycles. The summed E-state index contributed by atoms with van der Waals surface area (Å²) in [7, 11) is -28.4. The molecule has 0 radical (unpaired) electrons. The molecule has 40 nitrogen and oxygen atoms in total. The number of hydrogen-bond donors (Lipinski definition) is 14. The zero-order valence-electron chi connectivity index (χ0n) is 37.0. The predicted molar refractivity (Wildman–Crippen MR) is 238 cm³/mol. The third kappa shape index (κ3) is 11.7. The van der Waals surface area contributed by atoms with Gasteiger partial charge in [0, 0.05) is 0 Å². The van der Waals surface area contributed by atoms with Crippen LogP contribution in [0.25, 0.3) is 33.5 Å². The van der Waals surface area contributed by atoms with Crippen LogP contribution in [0, 0.1) is 0 Å². The van der Waals surface area contributed by atoms with E-state index in [1.807, 2.05) is 0 Å². The molecule has 410 valence electrons. The molecule has 9 rings (SSSR count). The zero-order chi connectivity index (χ0) is 54.2. The average molecular weight is 1160 g/mol. The molecule has 3 saturated heterocycles. The lowest BCUT2D eigenvalue weighted by atomic mass is 10.1. The zero-order valence-corrected chi connectivity index (χ0v) is 41.5. The Morgan fingerprint density at radius 1 is 0.493 bits per heavy atom. The average Bonchev–Trinajstić information content (AvgIpc) is 4.18. The predicted octanol–water partition coefficient (Wildman–Crippen LogP) is -3.69. The lowest BCUT2D eigenvalue weighted by Crippen LogP contribution is -2.38. The second-order valence-corrected chi connectivity index (χ2v) is 23.7. The highest BCUT2D eigenvalue weighted by Crippen LogP contribution is 2.62. The number of phosphoric ester groups is 3. The minimum atomic E-state index is -5.84. The Kier molecular flexibility index (Phi) is 15.2. The number of nitrogens with one attached hydrogen (secondary N) is 1. The fourth-order valence-corrected chi connectivity index (χ4v) is 13.3. The number of ether oxygens (including phenoxy) is 3. The second kappa shape index (κ2) is 20.6. The van der Waals surface area contributed by atoms with E-state index in [0.29, 0.717) is 0 Å². The molecule has 75 heavy (non-hydrogen) atoms. The Labute approximate surface area is 415 Å². The van der Waals surface area contributed by atoms with Crippen molar-refractivity contribution in [3.05, 3.63) is 38.0 Å². The number of aromatic nitrogens is 12. The van der Waals surface area contributed by atoms with Gasteiger partial charge in [-0.15, -0.1) is 4.86 Å². The Morgan fingerprint density at radius 2 is 0.840 bits per heavy atom. The van der Waals surface area contributed by atoms with Gasteiger partial charge in [-0.2, -0.15) is 4.31 Å². The van der Waals surface area contributed by atoms with Crippen LogP contribution in [0.3, 0.4) is 0 Å². The van der Waals surface area contributed by atoms with Crippen molar-refractivity contribution in [3.8, 4) is 0 Å². The quantitative estimate of drug-likeness (QED) is 0.0327. The Morgan fingerprint density at radius 3 is 1.23 bits per heavy atom. The van der Waals surface area contributed by atoms with E-state index < -0.39 is 132 Å². The van der Waals surface area contributed by atoms with Crippen LogP contribution in [0.15, 0.2) is 38.0 Å². The van der Waals surface area contributed by atoms with Gasteiger partial charge < -0.3 is 81.2 Å². The summed E-state index contributed by atoms with van der Waals surface area (Å²) in [5, 5.41) is 44.9. The first-order valence-corrected chi connectivity index (χ1v) is 28.4. The van der Waals surface area contributed by atoms with Crippen molar-refractivity contribution in [2.24, 2.45) is 0 Å². The Balaban J connectivity index is 0.933. The molecule has 0 aromatic carbocycles. The summed E-state index contributed by atoms with van der Waals surface area (Å²) in [6, 6.07) is 0. The molecular formula is C30H41N16O24P5. The van der Waals surface area contributed by atoms with Crippen molar-refractivity contribution in [1.29, 1.82) is 0 Å². The lowest BCUT2D eigenvalue weighted by molar-refractivity contribution is -0.0616. The summed E-state index contributed by atoms with van der Waals surface area (Å²) < 4.78 is 114. The Bertz CT molecular complexity index is 3350. The number of aliphatic hydroxyl groups is 4. The van der Waals surface area contributed by atoms with E-state index in [4.69, 9.17) is 63.8 Å². The van der Waals surface area contributed by atoms with E-state index in [9.17, 15) is 62.8 Å². The summed E-state index contributed by atoms with van der Waals surface area (Å²) in [5.74, 6) is -0.271. The maximum atomic E-state index is 13.8. The minimum absolute atomic E-state index is 0.00573. The van der Waals surface area contributed by atoms with Crippen LogP contribution in [-0.2, 0) is 64.0 Å². The molecule has 0 bridgehead atoms. The van der Waals surface area contributed by atoms with Crippen molar-refractivity contribution in [3.63, 3.8) is 0 Å². The van der Waals surface area contributed by atoms with Crippen molar-refractivity contribution >= 4 is 89.9 Å². The van der Waals surface area contributed by atoms with Crippen molar-refractivity contribution in [2.45, 2.75) is 73.6 Å². The van der Waals surface area contributed by atoms with Gasteiger partial charge in [0.15, 0.2) is 53.1 Å². The number of imidazole rings is 3. The highest BCUT2D eigenvalue weighted by molar-refractivity contribution is 7.70. The molecule has 16 atom stereocenters. The molecule has 0 aliphatic carbocycles. The minimum Gasteiger partial charge on any atom is -0.387 e. The number of nitrogen functional groups attached to an aromatic ring is 3. The van der Waals surface area contributed by atoms with E-state index in [-0.39, 0.29) is 50.9 Å². The van der Waals surface area contributed by atoms with Crippen molar-refractivity contribution in [2.75, 3.05) is 37.0 Å². The van der Waals surface area contributed by atoms with Crippen molar-refractivity contribution in [1.82, 2.24) is 63.4 Å². The number of fused-ring (bicyclic) bond motifs is 3. The molecule has 6 aromatic heterocycles. The number of nitrogens with zero attached hydrogens (tertiary/aromatic N) is 12. The SMILES string of the molecule is Nc1ncnc2c1ncn2[C@@H]1O[C@H](COP(=O)(O)O[C@H]2[C@@H](O)[C@H](n3cnc4c(N)ncnc43)O[C@@H]2COP(=O)(O)O[C@H]2[C@@H](O)[C@H](n3cnc4c(N)ncnc43)O[C@@H]2COP(=O)(O)OP(=O)(O)NP(=O)(O)O)[C@@H](O)[C@H]1O. The summed E-state index contributed by atoms with van der Waals surface area (Å²) in [4.78, 5) is 96.7. The number of phosphoric acid groups is 3. The molecule has 3 fully saturated rings. The smallest absolute Gasteiger partial charge is 0.387 e. The van der Waals surface area contributed by atoms with Gasteiger partial charge in [-0.05, 0) is 0 Å². The van der Waals surface area contributed by atoms with Gasteiger partial charge in [-0.1, -0.05) is 0 Å². The van der Waals surface area contributed by atoms with E-state index in [0.717, 1.165) is 45.6 Å². The van der Waals surface area contributed by atoms with E-state index >= 15 is 0 Å². The maximum Gasteiger partial charge on any atom is 0.480 e. The first-order valence-electron chi connectivity index (χ1n) is 20.8. The summed E-state index contributed by atoms with van der Waals surface area (Å²) in [5.41, 5.74) is 17.7. The lowest BCUT2D eigenvalue weighted by Gasteiger charge is -2.26. The van der Waals surface area contributed by atoms with Gasteiger partial charge in [-0.3, -0.25) is 36.3 Å². The topological polar surface area (TPSA) is 592 Å². The first-order chi connectivity index (χ1) is 35.1. The van der Waals surface area contributed by atoms with E-state index in [1.165, 1.54) is 10.9 Å². The molecule has 9 heterocycles. The highest BCUT2D eigenvalue weighted by Gasteiger charge is 2.54.